The molecule has 8 nitrogen and oxygen atoms in total. The van der Waals surface area contributed by atoms with E-state index in [-0.39, 0.29) is 23.0 Å². The quantitative estimate of drug-likeness (QED) is 0.735. The van der Waals surface area contributed by atoms with E-state index in [1.165, 1.54) is 16.4 Å². The highest BCUT2D eigenvalue weighted by Crippen LogP contribution is 2.18. The van der Waals surface area contributed by atoms with Gasteiger partial charge in [-0.25, -0.2) is 8.42 Å². The van der Waals surface area contributed by atoms with Gasteiger partial charge in [-0.1, -0.05) is 6.07 Å². The molecule has 3 rings (SSSR count). The summed E-state index contributed by atoms with van der Waals surface area (Å²) in [4.78, 5) is 14.9. The van der Waals surface area contributed by atoms with Crippen molar-refractivity contribution in [3.8, 4) is 0 Å². The number of hydrogen-bond donors (Lipinski definition) is 1. The Morgan fingerprint density at radius 3 is 2.54 bits per heavy atom. The smallest absolute Gasteiger partial charge is 0.251 e. The number of morpholine rings is 2. The first-order chi connectivity index (χ1) is 13.4. The summed E-state index contributed by atoms with van der Waals surface area (Å²) in [7, 11) is -3.62. The van der Waals surface area contributed by atoms with Crippen LogP contribution in [0.25, 0.3) is 0 Å². The van der Waals surface area contributed by atoms with E-state index >= 15 is 0 Å². The Bertz CT molecular complexity index is 770. The van der Waals surface area contributed by atoms with Gasteiger partial charge in [-0.15, -0.1) is 0 Å². The lowest BCUT2D eigenvalue weighted by Gasteiger charge is -2.35. The monoisotopic (exact) mass is 411 g/mol. The number of amides is 1. The van der Waals surface area contributed by atoms with Crippen LogP contribution in [0, 0.1) is 0 Å². The largest absolute Gasteiger partial charge is 0.379 e. The number of nitrogens with zero attached hydrogens (tertiary/aromatic N) is 2. The first kappa shape index (κ1) is 21.2. The van der Waals surface area contributed by atoms with E-state index in [0.29, 0.717) is 38.4 Å². The van der Waals surface area contributed by atoms with Crippen molar-refractivity contribution >= 4 is 15.9 Å². The van der Waals surface area contributed by atoms with Crippen LogP contribution in [0.15, 0.2) is 29.2 Å². The van der Waals surface area contributed by atoms with E-state index in [9.17, 15) is 13.2 Å². The highest BCUT2D eigenvalue weighted by molar-refractivity contribution is 7.89. The van der Waals surface area contributed by atoms with Crippen LogP contribution in [0.4, 0.5) is 0 Å². The molecule has 2 fully saturated rings. The van der Waals surface area contributed by atoms with Crippen LogP contribution in [0.3, 0.4) is 0 Å². The summed E-state index contributed by atoms with van der Waals surface area (Å²) in [6, 6.07) is 6.21. The predicted octanol–water partition coefficient (Wildman–Crippen LogP) is 0.547. The summed E-state index contributed by atoms with van der Waals surface area (Å²) in [6.45, 7) is 8.43. The molecule has 1 aromatic carbocycles. The van der Waals surface area contributed by atoms with Crippen molar-refractivity contribution in [2.75, 3.05) is 52.5 Å². The van der Waals surface area contributed by atoms with Gasteiger partial charge in [-0.2, -0.15) is 4.31 Å². The predicted molar refractivity (Wildman–Crippen MR) is 105 cm³/mol. The topological polar surface area (TPSA) is 88.2 Å². The molecule has 0 bridgehead atoms. The van der Waals surface area contributed by atoms with Gasteiger partial charge in [0.25, 0.3) is 5.91 Å². The minimum atomic E-state index is -3.62. The number of benzene rings is 1. The average molecular weight is 412 g/mol. The molecule has 2 aliphatic heterocycles. The van der Waals surface area contributed by atoms with Gasteiger partial charge in [0.05, 0.1) is 30.3 Å². The molecule has 0 spiro atoms. The summed E-state index contributed by atoms with van der Waals surface area (Å²) in [5, 5.41) is 2.88. The summed E-state index contributed by atoms with van der Waals surface area (Å²) in [5.41, 5.74) is 0.345. The van der Waals surface area contributed by atoms with Gasteiger partial charge in [0.2, 0.25) is 10.0 Å². The zero-order chi connectivity index (χ0) is 20.1. The maximum atomic E-state index is 12.8. The van der Waals surface area contributed by atoms with Crippen molar-refractivity contribution in [2.24, 2.45) is 0 Å². The normalized spacial score (nSPS) is 24.8. The third-order valence-corrected chi connectivity index (χ3v) is 6.81. The molecular formula is C19H29N3O5S. The zero-order valence-electron chi connectivity index (χ0n) is 16.5. The van der Waals surface area contributed by atoms with Crippen LogP contribution in [-0.4, -0.2) is 88.2 Å². The Kier molecular flexibility index (Phi) is 7.05. The van der Waals surface area contributed by atoms with E-state index in [4.69, 9.17) is 9.47 Å². The van der Waals surface area contributed by atoms with Crippen molar-refractivity contribution < 1.29 is 22.7 Å². The summed E-state index contributed by atoms with van der Waals surface area (Å²) >= 11 is 0. The molecule has 0 aliphatic carbocycles. The Labute approximate surface area is 166 Å². The summed E-state index contributed by atoms with van der Waals surface area (Å²) < 4.78 is 37.9. The van der Waals surface area contributed by atoms with Crippen LogP contribution in [-0.2, 0) is 19.5 Å². The molecule has 2 aliphatic rings. The number of hydrogen-bond acceptors (Lipinski definition) is 6. The van der Waals surface area contributed by atoms with E-state index < -0.39 is 10.0 Å². The second kappa shape index (κ2) is 9.32. The zero-order valence-corrected chi connectivity index (χ0v) is 17.3. The van der Waals surface area contributed by atoms with Gasteiger partial charge in [0, 0.05) is 44.8 Å². The summed E-state index contributed by atoms with van der Waals surface area (Å²) in [6.07, 6.45) is 0.364. The van der Waals surface area contributed by atoms with Gasteiger partial charge in [-0.3, -0.25) is 9.69 Å². The van der Waals surface area contributed by atoms with E-state index in [1.807, 2.05) is 13.8 Å². The number of carbonyl (C=O) groups excluding carboxylic acids is 1. The highest BCUT2D eigenvalue weighted by Gasteiger charge is 2.27. The van der Waals surface area contributed by atoms with E-state index in [1.54, 1.807) is 12.1 Å². The molecule has 1 N–H and O–H groups in total. The fourth-order valence-electron chi connectivity index (χ4n) is 3.63. The lowest BCUT2D eigenvalue weighted by atomic mass is 10.2. The fourth-order valence-corrected chi connectivity index (χ4v) is 5.08. The SMILES string of the molecule is CC1CN(CCNC(=O)c2cccc(S(=O)(=O)N3CCOCC3)c2)CC(C)O1. The van der Waals surface area contributed by atoms with Crippen LogP contribution in [0.1, 0.15) is 24.2 Å². The second-order valence-electron chi connectivity index (χ2n) is 7.32. The van der Waals surface area contributed by atoms with Crippen molar-refractivity contribution in [3.05, 3.63) is 29.8 Å². The van der Waals surface area contributed by atoms with Gasteiger partial charge in [0.15, 0.2) is 0 Å². The third kappa shape index (κ3) is 5.30. The number of ether oxygens (including phenoxy) is 2. The number of nitrogens with one attached hydrogen (secondary N) is 1. The van der Waals surface area contributed by atoms with E-state index in [2.05, 4.69) is 10.2 Å². The standard InChI is InChI=1S/C19H29N3O5S/c1-15-13-21(14-16(2)27-15)7-6-20-19(23)17-4-3-5-18(12-17)28(24,25)22-8-10-26-11-9-22/h3-5,12,15-16H,6-11,13-14H2,1-2H3,(H,20,23). The molecule has 9 heteroatoms. The molecule has 156 valence electrons. The fraction of sp³-hybridized carbons (Fsp3) is 0.632. The van der Waals surface area contributed by atoms with Crippen LogP contribution >= 0.6 is 0 Å². The molecule has 2 heterocycles. The van der Waals surface area contributed by atoms with Crippen LogP contribution in [0.2, 0.25) is 0 Å². The average Bonchev–Trinajstić information content (AvgIpc) is 2.68. The van der Waals surface area contributed by atoms with Gasteiger partial charge < -0.3 is 14.8 Å². The number of rotatable bonds is 6. The van der Waals surface area contributed by atoms with Gasteiger partial charge in [-0.05, 0) is 32.0 Å². The Morgan fingerprint density at radius 1 is 1.18 bits per heavy atom. The Hall–Kier alpha value is -1.52. The van der Waals surface area contributed by atoms with Crippen molar-refractivity contribution in [3.63, 3.8) is 0 Å². The first-order valence-electron chi connectivity index (χ1n) is 9.70. The molecule has 1 aromatic rings. The maximum absolute atomic E-state index is 12.8. The second-order valence-corrected chi connectivity index (χ2v) is 9.26. The lowest BCUT2D eigenvalue weighted by Crippen LogP contribution is -2.47. The molecule has 1 amide bonds. The molecule has 0 radical (unpaired) electrons. The Morgan fingerprint density at radius 2 is 1.86 bits per heavy atom. The molecular weight excluding hydrogens is 382 g/mol. The molecule has 2 unspecified atom stereocenters. The van der Waals surface area contributed by atoms with Gasteiger partial charge in [0.1, 0.15) is 0 Å². The van der Waals surface area contributed by atoms with Crippen molar-refractivity contribution in [1.29, 1.82) is 0 Å². The minimum absolute atomic E-state index is 0.137. The molecule has 0 aromatic heterocycles. The molecule has 2 saturated heterocycles. The Balaban J connectivity index is 1.58. The van der Waals surface area contributed by atoms with Gasteiger partial charge >= 0.3 is 0 Å². The molecule has 28 heavy (non-hydrogen) atoms. The maximum Gasteiger partial charge on any atom is 0.251 e. The minimum Gasteiger partial charge on any atom is -0.379 e. The third-order valence-electron chi connectivity index (χ3n) is 4.91. The molecule has 0 saturated carbocycles. The van der Waals surface area contributed by atoms with Crippen LogP contribution < -0.4 is 5.32 Å². The van der Waals surface area contributed by atoms with Crippen LogP contribution in [0.5, 0.6) is 0 Å². The first-order valence-corrected chi connectivity index (χ1v) is 11.1. The number of sulfonamides is 1. The summed E-state index contributed by atoms with van der Waals surface area (Å²) in [5.74, 6) is -0.270. The van der Waals surface area contributed by atoms with E-state index in [0.717, 1.165) is 19.6 Å². The van der Waals surface area contributed by atoms with Crippen molar-refractivity contribution in [2.45, 2.75) is 31.0 Å². The number of carbonyl (C=O) groups is 1. The lowest BCUT2D eigenvalue weighted by molar-refractivity contribution is -0.0672. The van der Waals surface area contributed by atoms with Crippen molar-refractivity contribution in [1.82, 2.24) is 14.5 Å². The highest BCUT2D eigenvalue weighted by atomic mass is 32.2. The molecule has 2 atom stereocenters.